The van der Waals surface area contributed by atoms with Gasteiger partial charge in [-0.1, -0.05) is 18.2 Å². The number of fused-ring (bicyclic) bond motifs is 6. The molecule has 2 unspecified atom stereocenters. The van der Waals surface area contributed by atoms with E-state index in [2.05, 4.69) is 24.3 Å². The highest BCUT2D eigenvalue weighted by Crippen LogP contribution is 2.41. The Morgan fingerprint density at radius 1 is 1.00 bits per heavy atom. The second-order valence-corrected chi connectivity index (χ2v) is 7.07. The van der Waals surface area contributed by atoms with Crippen molar-refractivity contribution in [2.45, 2.75) is 44.4 Å². The van der Waals surface area contributed by atoms with Gasteiger partial charge in [0.15, 0.2) is 0 Å². The van der Waals surface area contributed by atoms with Gasteiger partial charge >= 0.3 is 0 Å². The minimum Gasteiger partial charge on any atom is -0.508 e. The van der Waals surface area contributed by atoms with E-state index in [9.17, 15) is 5.11 Å². The molecule has 0 saturated heterocycles. The van der Waals surface area contributed by atoms with E-state index in [4.69, 9.17) is 4.74 Å². The Morgan fingerprint density at radius 3 is 2.78 bits per heavy atom. The lowest BCUT2D eigenvalue weighted by Crippen LogP contribution is -2.20. The van der Waals surface area contributed by atoms with E-state index in [1.165, 1.54) is 41.5 Å². The predicted octanol–water partition coefficient (Wildman–Crippen LogP) is 4.63. The molecule has 2 aromatic carbocycles. The van der Waals surface area contributed by atoms with Gasteiger partial charge in [-0.25, -0.2) is 0 Å². The predicted molar refractivity (Wildman–Crippen MR) is 92.3 cm³/mol. The number of ether oxygens (including phenoxy) is 1. The summed E-state index contributed by atoms with van der Waals surface area (Å²) in [5.41, 5.74) is 5.48. The molecular weight excluding hydrogens is 284 g/mol. The maximum atomic E-state index is 10.3. The lowest BCUT2D eigenvalue weighted by molar-refractivity contribution is 0.373. The van der Waals surface area contributed by atoms with Gasteiger partial charge in [0.25, 0.3) is 0 Å². The van der Waals surface area contributed by atoms with E-state index in [0.717, 1.165) is 25.0 Å². The van der Waals surface area contributed by atoms with Gasteiger partial charge in [-0.15, -0.1) is 0 Å². The Bertz CT molecular complexity index is 720. The number of benzene rings is 2. The fourth-order valence-electron chi connectivity index (χ4n) is 4.44. The van der Waals surface area contributed by atoms with Crippen LogP contribution < -0.4 is 4.74 Å². The molecule has 2 heteroatoms. The van der Waals surface area contributed by atoms with Crippen molar-refractivity contribution in [1.29, 1.82) is 0 Å². The van der Waals surface area contributed by atoms with E-state index in [1.54, 1.807) is 7.11 Å². The standard InChI is InChI=1S/C21H24O2/c1-23-18-9-10-19-16-7-5-14(6-8-17(19)13-18)11-20-15(12-16)3-2-4-21(20)22/h2-4,9-10,13-14,16,22H,5-8,11-12H2,1H3. The lowest BCUT2D eigenvalue weighted by atomic mass is 9.73. The zero-order valence-electron chi connectivity index (χ0n) is 13.7. The largest absolute Gasteiger partial charge is 0.508 e. The van der Waals surface area contributed by atoms with Crippen LogP contribution >= 0.6 is 0 Å². The summed E-state index contributed by atoms with van der Waals surface area (Å²) in [6.45, 7) is 0. The second kappa shape index (κ2) is 5.92. The third kappa shape index (κ3) is 2.71. The number of phenolic OH excluding ortho intramolecular Hbond substituents is 1. The molecule has 0 radical (unpaired) electrons. The second-order valence-electron chi connectivity index (χ2n) is 7.07. The van der Waals surface area contributed by atoms with E-state index in [0.29, 0.717) is 17.6 Å². The lowest BCUT2D eigenvalue weighted by Gasteiger charge is -2.32. The van der Waals surface area contributed by atoms with Crippen LogP contribution in [0.15, 0.2) is 36.4 Å². The van der Waals surface area contributed by atoms with E-state index < -0.39 is 0 Å². The average Bonchev–Trinajstić information content (AvgIpc) is 2.54. The van der Waals surface area contributed by atoms with Crippen LogP contribution in [0.1, 0.15) is 47.4 Å². The van der Waals surface area contributed by atoms with Crippen molar-refractivity contribution in [3.05, 3.63) is 58.7 Å². The summed E-state index contributed by atoms with van der Waals surface area (Å²) in [4.78, 5) is 0. The molecule has 4 rings (SSSR count). The van der Waals surface area contributed by atoms with E-state index in [1.807, 2.05) is 12.1 Å². The van der Waals surface area contributed by atoms with Crippen molar-refractivity contribution in [3.8, 4) is 11.5 Å². The molecule has 0 spiro atoms. The summed E-state index contributed by atoms with van der Waals surface area (Å²) in [6, 6.07) is 12.6. The molecule has 1 N–H and O–H groups in total. The van der Waals surface area contributed by atoms with Crippen molar-refractivity contribution in [2.24, 2.45) is 5.92 Å². The summed E-state index contributed by atoms with van der Waals surface area (Å²) in [7, 11) is 1.74. The molecule has 23 heavy (non-hydrogen) atoms. The Morgan fingerprint density at radius 2 is 1.91 bits per heavy atom. The van der Waals surface area contributed by atoms with Crippen molar-refractivity contribution < 1.29 is 9.84 Å². The highest BCUT2D eigenvalue weighted by molar-refractivity contribution is 5.44. The number of methoxy groups -OCH3 is 1. The zero-order chi connectivity index (χ0) is 15.8. The summed E-state index contributed by atoms with van der Waals surface area (Å²) in [6.07, 6.45) is 6.89. The molecular formula is C21H24O2. The first-order valence-corrected chi connectivity index (χ1v) is 8.71. The molecule has 0 fully saturated rings. The molecule has 120 valence electrons. The minimum absolute atomic E-state index is 0.490. The number of aryl methyl sites for hydroxylation is 1. The summed E-state index contributed by atoms with van der Waals surface area (Å²) >= 11 is 0. The first kappa shape index (κ1) is 14.6. The van der Waals surface area contributed by atoms with Crippen LogP contribution in [-0.2, 0) is 19.3 Å². The van der Waals surface area contributed by atoms with Gasteiger partial charge in [0.05, 0.1) is 7.11 Å². The van der Waals surface area contributed by atoms with Crippen LogP contribution in [0.5, 0.6) is 11.5 Å². The van der Waals surface area contributed by atoms with E-state index in [-0.39, 0.29) is 0 Å². The zero-order valence-corrected chi connectivity index (χ0v) is 13.7. The third-order valence-electron chi connectivity index (χ3n) is 5.74. The Hall–Kier alpha value is -1.96. The minimum atomic E-state index is 0.490. The molecule has 2 aromatic rings. The van der Waals surface area contributed by atoms with Gasteiger partial charge in [0, 0.05) is 0 Å². The van der Waals surface area contributed by atoms with Crippen molar-refractivity contribution in [1.82, 2.24) is 0 Å². The van der Waals surface area contributed by atoms with Gasteiger partial charge in [-0.2, -0.15) is 0 Å². The van der Waals surface area contributed by atoms with Crippen molar-refractivity contribution in [2.75, 3.05) is 7.11 Å². The normalized spacial score (nSPS) is 23.0. The Balaban J connectivity index is 1.80. The van der Waals surface area contributed by atoms with Gasteiger partial charge < -0.3 is 9.84 Å². The monoisotopic (exact) mass is 308 g/mol. The molecule has 0 heterocycles. The van der Waals surface area contributed by atoms with Gasteiger partial charge in [-0.05, 0) is 90.8 Å². The van der Waals surface area contributed by atoms with E-state index >= 15 is 0 Å². The van der Waals surface area contributed by atoms with Crippen LogP contribution in [0, 0.1) is 5.92 Å². The molecule has 0 amide bonds. The molecule has 2 nitrogen and oxygen atoms in total. The number of rotatable bonds is 1. The molecule has 0 aromatic heterocycles. The fraction of sp³-hybridized carbons (Fsp3) is 0.429. The van der Waals surface area contributed by atoms with Gasteiger partial charge in [-0.3, -0.25) is 0 Å². The van der Waals surface area contributed by atoms with Crippen LogP contribution in [-0.4, -0.2) is 12.2 Å². The Labute approximate surface area is 138 Å². The van der Waals surface area contributed by atoms with Crippen LogP contribution in [0.2, 0.25) is 0 Å². The maximum Gasteiger partial charge on any atom is 0.119 e. The summed E-state index contributed by atoms with van der Waals surface area (Å²) < 4.78 is 5.43. The molecule has 2 aliphatic carbocycles. The fourth-order valence-corrected chi connectivity index (χ4v) is 4.44. The van der Waals surface area contributed by atoms with Gasteiger partial charge in [0.2, 0.25) is 0 Å². The molecule has 2 atom stereocenters. The molecule has 0 aliphatic heterocycles. The summed E-state index contributed by atoms with van der Waals surface area (Å²) in [5, 5.41) is 10.3. The Kier molecular flexibility index (Phi) is 3.76. The van der Waals surface area contributed by atoms with Crippen LogP contribution in [0.3, 0.4) is 0 Å². The molecule has 2 aliphatic rings. The SMILES string of the molecule is COc1ccc2c(c1)CCC1CCC2Cc2cccc(O)c2C1. The third-order valence-corrected chi connectivity index (χ3v) is 5.74. The number of hydrogen-bond donors (Lipinski definition) is 1. The topological polar surface area (TPSA) is 29.5 Å². The number of phenols is 1. The van der Waals surface area contributed by atoms with Gasteiger partial charge in [0.1, 0.15) is 11.5 Å². The van der Waals surface area contributed by atoms with Crippen molar-refractivity contribution >= 4 is 0 Å². The molecule has 2 bridgehead atoms. The number of aromatic hydroxyl groups is 1. The quantitative estimate of drug-likeness (QED) is 0.832. The average molecular weight is 308 g/mol. The highest BCUT2D eigenvalue weighted by Gasteiger charge is 2.27. The molecule has 0 saturated carbocycles. The first-order valence-electron chi connectivity index (χ1n) is 8.71. The number of hydrogen-bond acceptors (Lipinski definition) is 2. The van der Waals surface area contributed by atoms with Crippen molar-refractivity contribution in [3.63, 3.8) is 0 Å². The van der Waals surface area contributed by atoms with Crippen LogP contribution in [0.4, 0.5) is 0 Å². The summed E-state index contributed by atoms with van der Waals surface area (Å²) in [5.74, 6) is 2.68. The van der Waals surface area contributed by atoms with Crippen LogP contribution in [0.25, 0.3) is 0 Å². The highest BCUT2D eigenvalue weighted by atomic mass is 16.5. The maximum absolute atomic E-state index is 10.3. The first-order chi connectivity index (χ1) is 11.2. The smallest absolute Gasteiger partial charge is 0.119 e.